The van der Waals surface area contributed by atoms with E-state index in [1.807, 2.05) is 24.3 Å². The van der Waals surface area contributed by atoms with E-state index in [-0.39, 0.29) is 18.0 Å². The van der Waals surface area contributed by atoms with Gasteiger partial charge in [0.25, 0.3) is 0 Å². The predicted molar refractivity (Wildman–Crippen MR) is 97.4 cm³/mol. The minimum Gasteiger partial charge on any atom is -0.492 e. The highest BCUT2D eigenvalue weighted by Gasteiger charge is 2.31. The van der Waals surface area contributed by atoms with Crippen LogP contribution in [0.2, 0.25) is 5.02 Å². The van der Waals surface area contributed by atoms with Gasteiger partial charge < -0.3 is 10.2 Å². The number of hydrogen-bond acceptors (Lipinski definition) is 6. The lowest BCUT2D eigenvalue weighted by Gasteiger charge is -2.36. The molecule has 0 aliphatic carbocycles. The van der Waals surface area contributed by atoms with Crippen LogP contribution in [0.5, 0.6) is 5.88 Å². The van der Waals surface area contributed by atoms with E-state index in [4.69, 9.17) is 11.6 Å². The maximum Gasteiger partial charge on any atom is 0.230 e. The van der Waals surface area contributed by atoms with E-state index in [0.29, 0.717) is 15.8 Å². The van der Waals surface area contributed by atoms with Crippen LogP contribution in [0.1, 0.15) is 35.1 Å². The largest absolute Gasteiger partial charge is 0.492 e. The number of aliphatic hydroxyl groups is 1. The number of aromatic hydroxyl groups is 1. The number of rotatable bonds is 3. The number of benzene rings is 1. The molecular formula is C17H19ClN4O2S. The van der Waals surface area contributed by atoms with Crippen molar-refractivity contribution >= 4 is 27.9 Å². The lowest BCUT2D eigenvalue weighted by atomic mass is 9.99. The first-order chi connectivity index (χ1) is 12.0. The van der Waals surface area contributed by atoms with Crippen molar-refractivity contribution in [1.82, 2.24) is 19.5 Å². The molecule has 0 bridgehead atoms. The van der Waals surface area contributed by atoms with Gasteiger partial charge in [-0.2, -0.15) is 4.52 Å². The normalized spacial score (nSPS) is 18.0. The summed E-state index contributed by atoms with van der Waals surface area (Å²) in [5.41, 5.74) is 1.01. The van der Waals surface area contributed by atoms with Crippen molar-refractivity contribution in [1.29, 1.82) is 0 Å². The Morgan fingerprint density at radius 1 is 1.32 bits per heavy atom. The fourth-order valence-corrected chi connectivity index (χ4v) is 4.74. The van der Waals surface area contributed by atoms with Gasteiger partial charge in [-0.05, 0) is 37.5 Å². The third-order valence-electron chi connectivity index (χ3n) is 4.58. The van der Waals surface area contributed by atoms with E-state index in [0.717, 1.165) is 36.4 Å². The molecule has 25 heavy (non-hydrogen) atoms. The first kappa shape index (κ1) is 16.8. The number of nitrogens with zero attached hydrogens (tertiary/aromatic N) is 4. The van der Waals surface area contributed by atoms with Crippen LogP contribution in [0.25, 0.3) is 4.96 Å². The average Bonchev–Trinajstić information content (AvgIpc) is 3.08. The Morgan fingerprint density at radius 2 is 2.08 bits per heavy atom. The van der Waals surface area contributed by atoms with Gasteiger partial charge in [-0.1, -0.05) is 35.1 Å². The molecule has 0 saturated carbocycles. The molecule has 2 N–H and O–H groups in total. The summed E-state index contributed by atoms with van der Waals surface area (Å²) in [4.78, 5) is 8.12. The summed E-state index contributed by atoms with van der Waals surface area (Å²) in [6.45, 7) is 3.31. The molecule has 1 saturated heterocycles. The topological polar surface area (TPSA) is 73.9 Å². The minimum absolute atomic E-state index is 0.122. The number of aliphatic hydroxyl groups excluding tert-OH is 1. The number of likely N-dealkylation sites (tertiary alicyclic amines) is 1. The molecular weight excluding hydrogens is 360 g/mol. The second-order valence-corrected chi connectivity index (χ2v) is 7.81. The van der Waals surface area contributed by atoms with Crippen LogP contribution in [0.4, 0.5) is 0 Å². The molecule has 1 aromatic carbocycles. The molecule has 3 heterocycles. The Balaban J connectivity index is 1.81. The summed E-state index contributed by atoms with van der Waals surface area (Å²) in [7, 11) is 0. The number of fused-ring (bicyclic) bond motifs is 1. The zero-order chi connectivity index (χ0) is 17.6. The SMILES string of the molecule is Cc1nc2sc([C@H](c3cccc(Cl)c3)N3CCC(O)CC3)c(O)n2n1. The second kappa shape index (κ2) is 6.57. The summed E-state index contributed by atoms with van der Waals surface area (Å²) in [6.07, 6.45) is 1.19. The van der Waals surface area contributed by atoms with E-state index in [9.17, 15) is 10.2 Å². The van der Waals surface area contributed by atoms with Crippen molar-refractivity contribution in [2.75, 3.05) is 13.1 Å². The van der Waals surface area contributed by atoms with Crippen LogP contribution in [0.3, 0.4) is 0 Å². The number of aryl methyl sites for hydroxylation is 1. The zero-order valence-electron chi connectivity index (χ0n) is 13.8. The Morgan fingerprint density at radius 3 is 2.76 bits per heavy atom. The highest BCUT2D eigenvalue weighted by atomic mass is 35.5. The Bertz CT molecular complexity index is 901. The van der Waals surface area contributed by atoms with E-state index in [2.05, 4.69) is 15.0 Å². The lowest BCUT2D eigenvalue weighted by Crippen LogP contribution is -2.38. The summed E-state index contributed by atoms with van der Waals surface area (Å²) >= 11 is 7.65. The van der Waals surface area contributed by atoms with Gasteiger partial charge in [0.2, 0.25) is 10.8 Å². The summed E-state index contributed by atoms with van der Waals surface area (Å²) in [5, 5.41) is 25.5. The lowest BCUT2D eigenvalue weighted by molar-refractivity contribution is 0.0689. The van der Waals surface area contributed by atoms with Crippen molar-refractivity contribution < 1.29 is 10.2 Å². The minimum atomic E-state index is -0.255. The van der Waals surface area contributed by atoms with Crippen LogP contribution in [-0.4, -0.2) is 48.9 Å². The van der Waals surface area contributed by atoms with Crippen molar-refractivity contribution in [2.45, 2.75) is 31.9 Å². The quantitative estimate of drug-likeness (QED) is 0.732. The third-order valence-corrected chi connectivity index (χ3v) is 5.89. The summed E-state index contributed by atoms with van der Waals surface area (Å²) in [6, 6.07) is 7.57. The van der Waals surface area contributed by atoms with Crippen LogP contribution >= 0.6 is 22.9 Å². The molecule has 6 nitrogen and oxygen atoms in total. The Kier molecular flexibility index (Phi) is 4.41. The van der Waals surface area contributed by atoms with E-state index < -0.39 is 0 Å². The van der Waals surface area contributed by atoms with Gasteiger partial charge in [0.15, 0.2) is 0 Å². The van der Waals surface area contributed by atoms with Crippen LogP contribution in [0, 0.1) is 6.92 Å². The fourth-order valence-electron chi connectivity index (χ4n) is 3.37. The molecule has 1 aliphatic rings. The molecule has 1 fully saturated rings. The number of halogens is 1. The highest BCUT2D eigenvalue weighted by Crippen LogP contribution is 2.41. The Hall–Kier alpha value is -1.67. The van der Waals surface area contributed by atoms with Crippen molar-refractivity contribution in [3.05, 3.63) is 45.6 Å². The smallest absolute Gasteiger partial charge is 0.230 e. The molecule has 0 amide bonds. The molecule has 8 heteroatoms. The molecule has 4 rings (SSSR count). The van der Waals surface area contributed by atoms with E-state index in [1.165, 1.54) is 15.9 Å². The van der Waals surface area contributed by atoms with Gasteiger partial charge in [-0.3, -0.25) is 4.90 Å². The maximum absolute atomic E-state index is 10.7. The van der Waals surface area contributed by atoms with E-state index >= 15 is 0 Å². The van der Waals surface area contributed by atoms with Gasteiger partial charge in [-0.25, -0.2) is 4.98 Å². The van der Waals surface area contributed by atoms with Crippen molar-refractivity contribution in [3.63, 3.8) is 0 Å². The first-order valence-electron chi connectivity index (χ1n) is 8.25. The number of aromatic nitrogens is 3. The van der Waals surface area contributed by atoms with Crippen molar-refractivity contribution in [2.24, 2.45) is 0 Å². The third kappa shape index (κ3) is 3.13. The van der Waals surface area contributed by atoms with Gasteiger partial charge in [0.05, 0.1) is 17.0 Å². The molecule has 1 atom stereocenters. The first-order valence-corrected chi connectivity index (χ1v) is 9.45. The fraction of sp³-hybridized carbons (Fsp3) is 0.412. The zero-order valence-corrected chi connectivity index (χ0v) is 15.3. The molecule has 132 valence electrons. The monoisotopic (exact) mass is 378 g/mol. The van der Waals surface area contributed by atoms with Crippen LogP contribution in [-0.2, 0) is 0 Å². The van der Waals surface area contributed by atoms with Gasteiger partial charge in [0.1, 0.15) is 5.82 Å². The molecule has 2 aromatic heterocycles. The summed E-state index contributed by atoms with van der Waals surface area (Å²) in [5.74, 6) is 0.755. The average molecular weight is 379 g/mol. The van der Waals surface area contributed by atoms with Gasteiger partial charge >= 0.3 is 0 Å². The molecule has 0 spiro atoms. The van der Waals surface area contributed by atoms with Gasteiger partial charge in [0, 0.05) is 18.1 Å². The van der Waals surface area contributed by atoms with Crippen molar-refractivity contribution in [3.8, 4) is 5.88 Å². The number of thiazole rings is 1. The second-order valence-electron chi connectivity index (χ2n) is 6.37. The highest BCUT2D eigenvalue weighted by molar-refractivity contribution is 7.17. The van der Waals surface area contributed by atoms with Gasteiger partial charge in [-0.15, -0.1) is 5.10 Å². The molecule has 0 radical (unpaired) electrons. The Labute approximate surface area is 154 Å². The van der Waals surface area contributed by atoms with Crippen LogP contribution < -0.4 is 0 Å². The summed E-state index contributed by atoms with van der Waals surface area (Å²) < 4.78 is 1.49. The molecule has 1 aliphatic heterocycles. The maximum atomic E-state index is 10.7. The standard InChI is InChI=1S/C17H19ClN4O2S/c1-10-19-17-22(20-10)16(24)15(25-17)14(11-3-2-4-12(18)9-11)21-7-5-13(23)6-8-21/h2-4,9,13-14,23-24H,5-8H2,1H3/t14-/m0/s1. The van der Waals surface area contributed by atoms with E-state index in [1.54, 1.807) is 6.92 Å². The number of piperidine rings is 1. The molecule has 0 unspecified atom stereocenters. The number of hydrogen-bond donors (Lipinski definition) is 2. The molecule has 3 aromatic rings. The predicted octanol–water partition coefficient (Wildman–Crippen LogP) is 3.00. The van der Waals surface area contributed by atoms with Crippen LogP contribution in [0.15, 0.2) is 24.3 Å².